The maximum absolute atomic E-state index is 5.67. The van der Waals surface area contributed by atoms with Crippen molar-refractivity contribution in [1.82, 2.24) is 14.9 Å². The third-order valence-electron chi connectivity index (χ3n) is 3.25. The molecule has 1 saturated heterocycles. The summed E-state index contributed by atoms with van der Waals surface area (Å²) in [5.74, 6) is 1.48. The van der Waals surface area contributed by atoms with Crippen LogP contribution in [0.1, 0.15) is 13.3 Å². The van der Waals surface area contributed by atoms with E-state index in [1.165, 1.54) is 6.33 Å². The average Bonchev–Trinajstić information content (AvgIpc) is 2.29. The fraction of sp³-hybridized carbons (Fsp3) is 0.636. The van der Waals surface area contributed by atoms with E-state index in [1.54, 1.807) is 0 Å². The molecular formula is C11H19N5. The zero-order chi connectivity index (χ0) is 11.5. The Morgan fingerprint density at radius 1 is 1.44 bits per heavy atom. The Morgan fingerprint density at radius 3 is 2.94 bits per heavy atom. The monoisotopic (exact) mass is 221 g/mol. The SMILES string of the molecule is CCC1CN(c2cc(N)ncn2)CCN1C. The number of piperazine rings is 1. The molecule has 88 valence electrons. The van der Waals surface area contributed by atoms with Gasteiger partial charge in [-0.15, -0.1) is 0 Å². The van der Waals surface area contributed by atoms with Crippen LogP contribution in [0.2, 0.25) is 0 Å². The number of anilines is 2. The van der Waals surface area contributed by atoms with Gasteiger partial charge in [0.25, 0.3) is 0 Å². The predicted octanol–water partition coefficient (Wildman–Crippen LogP) is 0.589. The molecule has 0 aromatic carbocycles. The van der Waals surface area contributed by atoms with Crippen molar-refractivity contribution in [1.29, 1.82) is 0 Å². The number of nitrogens with zero attached hydrogens (tertiary/aromatic N) is 4. The van der Waals surface area contributed by atoms with Crippen molar-refractivity contribution < 1.29 is 0 Å². The molecule has 1 fully saturated rings. The first kappa shape index (κ1) is 11.1. The molecule has 0 spiro atoms. The van der Waals surface area contributed by atoms with Crippen LogP contribution in [-0.2, 0) is 0 Å². The predicted molar refractivity (Wildman–Crippen MR) is 65.4 cm³/mol. The summed E-state index contributed by atoms with van der Waals surface area (Å²) in [6.45, 7) is 5.31. The number of hydrogen-bond acceptors (Lipinski definition) is 5. The van der Waals surface area contributed by atoms with Crippen molar-refractivity contribution in [3.05, 3.63) is 12.4 Å². The van der Waals surface area contributed by atoms with Crippen molar-refractivity contribution in [2.24, 2.45) is 0 Å². The second-order valence-electron chi connectivity index (χ2n) is 4.29. The van der Waals surface area contributed by atoms with Crippen LogP contribution in [0.4, 0.5) is 11.6 Å². The first-order valence-corrected chi connectivity index (χ1v) is 5.73. The van der Waals surface area contributed by atoms with Gasteiger partial charge in [-0.25, -0.2) is 9.97 Å². The molecule has 2 heterocycles. The molecular weight excluding hydrogens is 202 g/mol. The summed E-state index contributed by atoms with van der Waals surface area (Å²) in [6.07, 6.45) is 2.69. The number of rotatable bonds is 2. The van der Waals surface area contributed by atoms with Crippen molar-refractivity contribution in [2.75, 3.05) is 37.3 Å². The largest absolute Gasteiger partial charge is 0.384 e. The minimum Gasteiger partial charge on any atom is -0.384 e. The Balaban J connectivity index is 2.11. The van der Waals surface area contributed by atoms with E-state index in [9.17, 15) is 0 Å². The number of likely N-dealkylation sites (N-methyl/N-ethyl adjacent to an activating group) is 1. The zero-order valence-electron chi connectivity index (χ0n) is 9.93. The van der Waals surface area contributed by atoms with E-state index in [2.05, 4.69) is 33.7 Å². The molecule has 0 amide bonds. The summed E-state index contributed by atoms with van der Waals surface area (Å²) < 4.78 is 0. The highest BCUT2D eigenvalue weighted by Crippen LogP contribution is 2.18. The second kappa shape index (κ2) is 4.65. The minimum absolute atomic E-state index is 0.539. The van der Waals surface area contributed by atoms with Gasteiger partial charge in [0.2, 0.25) is 0 Å². The lowest BCUT2D eigenvalue weighted by Crippen LogP contribution is -2.51. The van der Waals surface area contributed by atoms with Gasteiger partial charge in [0, 0.05) is 31.7 Å². The van der Waals surface area contributed by atoms with E-state index < -0.39 is 0 Å². The number of hydrogen-bond donors (Lipinski definition) is 1. The fourth-order valence-electron chi connectivity index (χ4n) is 2.13. The Morgan fingerprint density at radius 2 is 2.25 bits per heavy atom. The van der Waals surface area contributed by atoms with Crippen LogP contribution in [0.25, 0.3) is 0 Å². The summed E-state index contributed by atoms with van der Waals surface area (Å²) in [4.78, 5) is 12.9. The molecule has 1 aliphatic heterocycles. The molecule has 1 atom stereocenters. The maximum Gasteiger partial charge on any atom is 0.134 e. The van der Waals surface area contributed by atoms with Gasteiger partial charge in [0.15, 0.2) is 0 Å². The van der Waals surface area contributed by atoms with E-state index >= 15 is 0 Å². The van der Waals surface area contributed by atoms with Crippen LogP contribution in [0.15, 0.2) is 12.4 Å². The maximum atomic E-state index is 5.67. The van der Waals surface area contributed by atoms with Crippen LogP contribution in [0.3, 0.4) is 0 Å². The first-order valence-electron chi connectivity index (χ1n) is 5.73. The van der Waals surface area contributed by atoms with E-state index in [4.69, 9.17) is 5.73 Å². The molecule has 1 aromatic heterocycles. The lowest BCUT2D eigenvalue weighted by molar-refractivity contribution is 0.213. The number of nitrogens with two attached hydrogens (primary N) is 1. The molecule has 2 N–H and O–H groups in total. The summed E-state index contributed by atoms with van der Waals surface area (Å²) in [6, 6.07) is 2.45. The highest BCUT2D eigenvalue weighted by molar-refractivity contribution is 5.46. The van der Waals surface area contributed by atoms with Gasteiger partial charge in [-0.05, 0) is 13.5 Å². The molecule has 1 unspecified atom stereocenters. The Kier molecular flexibility index (Phi) is 3.24. The summed E-state index contributed by atoms with van der Waals surface area (Å²) in [7, 11) is 2.18. The molecule has 0 bridgehead atoms. The number of aromatic nitrogens is 2. The standard InChI is InChI=1S/C11H19N5/c1-3-9-7-16(5-4-15(9)2)11-6-10(12)13-8-14-11/h6,8-9H,3-5,7H2,1-2H3,(H2,12,13,14). The van der Waals surface area contributed by atoms with Crippen LogP contribution >= 0.6 is 0 Å². The Labute approximate surface area is 96.3 Å². The minimum atomic E-state index is 0.539. The third-order valence-corrected chi connectivity index (χ3v) is 3.25. The highest BCUT2D eigenvalue weighted by atomic mass is 15.3. The van der Waals surface area contributed by atoms with Crippen LogP contribution < -0.4 is 10.6 Å². The van der Waals surface area contributed by atoms with Gasteiger partial charge in [-0.3, -0.25) is 4.90 Å². The Bertz CT molecular complexity index is 354. The van der Waals surface area contributed by atoms with E-state index in [0.717, 1.165) is 31.9 Å². The smallest absolute Gasteiger partial charge is 0.134 e. The first-order chi connectivity index (χ1) is 7.70. The van der Waals surface area contributed by atoms with E-state index in [1.807, 2.05) is 6.07 Å². The molecule has 1 aliphatic rings. The van der Waals surface area contributed by atoms with Crippen molar-refractivity contribution in [3.63, 3.8) is 0 Å². The lowest BCUT2D eigenvalue weighted by atomic mass is 10.1. The molecule has 0 aliphatic carbocycles. The van der Waals surface area contributed by atoms with Gasteiger partial charge in [0.05, 0.1) is 0 Å². The van der Waals surface area contributed by atoms with Crippen LogP contribution in [-0.4, -0.2) is 47.6 Å². The zero-order valence-corrected chi connectivity index (χ0v) is 9.93. The van der Waals surface area contributed by atoms with Crippen molar-refractivity contribution >= 4 is 11.6 Å². The lowest BCUT2D eigenvalue weighted by Gasteiger charge is -2.39. The average molecular weight is 221 g/mol. The van der Waals surface area contributed by atoms with Crippen LogP contribution in [0, 0.1) is 0 Å². The van der Waals surface area contributed by atoms with E-state index in [0.29, 0.717) is 11.9 Å². The number of nitrogen functional groups attached to an aromatic ring is 1. The molecule has 1 aromatic rings. The summed E-state index contributed by atoms with van der Waals surface area (Å²) in [5, 5.41) is 0. The normalized spacial score (nSPS) is 22.4. The van der Waals surface area contributed by atoms with Crippen molar-refractivity contribution in [2.45, 2.75) is 19.4 Å². The van der Waals surface area contributed by atoms with Gasteiger partial charge < -0.3 is 10.6 Å². The van der Waals surface area contributed by atoms with Crippen molar-refractivity contribution in [3.8, 4) is 0 Å². The molecule has 5 nitrogen and oxygen atoms in total. The summed E-state index contributed by atoms with van der Waals surface area (Å²) >= 11 is 0. The third kappa shape index (κ3) is 2.24. The van der Waals surface area contributed by atoms with E-state index in [-0.39, 0.29) is 0 Å². The molecule has 0 radical (unpaired) electrons. The van der Waals surface area contributed by atoms with Gasteiger partial charge >= 0.3 is 0 Å². The summed E-state index contributed by atoms with van der Waals surface area (Å²) in [5.41, 5.74) is 5.67. The highest BCUT2D eigenvalue weighted by Gasteiger charge is 2.23. The topological polar surface area (TPSA) is 58.3 Å². The van der Waals surface area contributed by atoms with Gasteiger partial charge in [-0.2, -0.15) is 0 Å². The van der Waals surface area contributed by atoms with Crippen LogP contribution in [0.5, 0.6) is 0 Å². The molecule has 16 heavy (non-hydrogen) atoms. The van der Waals surface area contributed by atoms with Gasteiger partial charge in [0.1, 0.15) is 18.0 Å². The quantitative estimate of drug-likeness (QED) is 0.792. The molecule has 2 rings (SSSR count). The second-order valence-corrected chi connectivity index (χ2v) is 4.29. The molecule has 0 saturated carbocycles. The fourth-order valence-corrected chi connectivity index (χ4v) is 2.13. The molecule has 5 heteroatoms. The Hall–Kier alpha value is -1.36. The van der Waals surface area contributed by atoms with Gasteiger partial charge in [-0.1, -0.05) is 6.92 Å².